The van der Waals surface area contributed by atoms with Crippen LogP contribution in [0.4, 0.5) is 0 Å². The second-order valence-electron chi connectivity index (χ2n) is 4.48. The highest BCUT2D eigenvalue weighted by Gasteiger charge is 2.22. The van der Waals surface area contributed by atoms with Crippen LogP contribution in [0.25, 0.3) is 0 Å². The number of benzene rings is 1. The Hall–Kier alpha value is -0.770. The molecule has 1 atom stereocenters. The van der Waals surface area contributed by atoms with Gasteiger partial charge in [0.2, 0.25) is 0 Å². The average Bonchev–Trinajstić information content (AvgIpc) is 2.40. The summed E-state index contributed by atoms with van der Waals surface area (Å²) in [5.41, 5.74) is 7.49. The molecule has 18 heavy (non-hydrogen) atoms. The van der Waals surface area contributed by atoms with E-state index in [1.54, 1.807) is 0 Å². The molecule has 0 bridgehead atoms. The second-order valence-corrected chi connectivity index (χ2v) is 4.48. The Morgan fingerprint density at radius 2 is 1.89 bits per heavy atom. The maximum Gasteiger partial charge on any atom is 0.119 e. The largest absolute Gasteiger partial charge is 0.494 e. The van der Waals surface area contributed by atoms with E-state index in [0.29, 0.717) is 12.5 Å². The average molecular weight is 272 g/mol. The lowest BCUT2D eigenvalue weighted by Crippen LogP contribution is -2.27. The van der Waals surface area contributed by atoms with Gasteiger partial charge in [0.25, 0.3) is 0 Å². The van der Waals surface area contributed by atoms with Gasteiger partial charge in [0, 0.05) is 19.3 Å². The van der Waals surface area contributed by atoms with Crippen molar-refractivity contribution in [2.75, 3.05) is 19.8 Å². The third kappa shape index (κ3) is 3.87. The smallest absolute Gasteiger partial charge is 0.119 e. The summed E-state index contributed by atoms with van der Waals surface area (Å²) < 4.78 is 10.8. The minimum atomic E-state index is 0. The molecule has 1 aromatic rings. The van der Waals surface area contributed by atoms with Crippen molar-refractivity contribution < 1.29 is 9.47 Å². The number of nitrogens with two attached hydrogens (primary N) is 1. The van der Waals surface area contributed by atoms with Gasteiger partial charge < -0.3 is 15.2 Å². The van der Waals surface area contributed by atoms with E-state index < -0.39 is 0 Å². The zero-order chi connectivity index (χ0) is 12.1. The zero-order valence-electron chi connectivity index (χ0n) is 10.8. The van der Waals surface area contributed by atoms with E-state index in [9.17, 15) is 0 Å². The van der Waals surface area contributed by atoms with Crippen LogP contribution in [0.1, 0.15) is 31.4 Å². The van der Waals surface area contributed by atoms with Gasteiger partial charge in [-0.1, -0.05) is 12.1 Å². The molecule has 0 saturated carbocycles. The molecule has 0 aliphatic carbocycles. The van der Waals surface area contributed by atoms with Crippen molar-refractivity contribution in [3.63, 3.8) is 0 Å². The summed E-state index contributed by atoms with van der Waals surface area (Å²) in [6.07, 6.45) is 2.13. The molecule has 2 rings (SSSR count). The molecule has 102 valence electrons. The molecule has 2 N–H and O–H groups in total. The first-order valence-electron chi connectivity index (χ1n) is 6.37. The molecule has 4 heteroatoms. The number of halogens is 1. The molecule has 3 nitrogen and oxygen atoms in total. The normalized spacial score (nSPS) is 17.9. The third-order valence-electron chi connectivity index (χ3n) is 3.35. The SMILES string of the molecule is CCOc1ccc([C@@H](N)C2CCOCC2)cc1.Cl. The summed E-state index contributed by atoms with van der Waals surface area (Å²) in [5.74, 6) is 1.46. The lowest BCUT2D eigenvalue weighted by molar-refractivity contribution is 0.0584. The molecule has 1 fully saturated rings. The molecule has 0 unspecified atom stereocenters. The molecule has 0 amide bonds. The fourth-order valence-corrected chi connectivity index (χ4v) is 2.30. The Morgan fingerprint density at radius 1 is 1.28 bits per heavy atom. The molecule has 0 aromatic heterocycles. The minimum Gasteiger partial charge on any atom is -0.494 e. The van der Waals surface area contributed by atoms with E-state index in [-0.39, 0.29) is 18.4 Å². The van der Waals surface area contributed by atoms with E-state index in [2.05, 4.69) is 12.1 Å². The van der Waals surface area contributed by atoms with Gasteiger partial charge in [-0.2, -0.15) is 0 Å². The molecular weight excluding hydrogens is 250 g/mol. The van der Waals surface area contributed by atoms with Gasteiger partial charge in [0.05, 0.1) is 6.61 Å². The monoisotopic (exact) mass is 271 g/mol. The molecular formula is C14H22ClNO2. The summed E-state index contributed by atoms with van der Waals surface area (Å²) in [4.78, 5) is 0. The van der Waals surface area contributed by atoms with E-state index in [4.69, 9.17) is 15.2 Å². The topological polar surface area (TPSA) is 44.5 Å². The summed E-state index contributed by atoms with van der Waals surface area (Å²) in [7, 11) is 0. The number of ether oxygens (including phenoxy) is 2. The van der Waals surface area contributed by atoms with Crippen molar-refractivity contribution in [3.8, 4) is 5.75 Å². The Kier molecular flexibility index (Phi) is 6.47. The Balaban J connectivity index is 0.00000162. The maximum atomic E-state index is 6.30. The van der Waals surface area contributed by atoms with Crippen molar-refractivity contribution in [2.24, 2.45) is 11.7 Å². The van der Waals surface area contributed by atoms with Crippen LogP contribution in [0, 0.1) is 5.92 Å². The lowest BCUT2D eigenvalue weighted by atomic mass is 9.88. The molecule has 1 aliphatic rings. The van der Waals surface area contributed by atoms with Crippen LogP contribution in [0.2, 0.25) is 0 Å². The van der Waals surface area contributed by atoms with Crippen LogP contribution in [-0.2, 0) is 4.74 Å². The minimum absolute atomic E-state index is 0. The van der Waals surface area contributed by atoms with E-state index >= 15 is 0 Å². The molecule has 1 aromatic carbocycles. The van der Waals surface area contributed by atoms with Gasteiger partial charge in [0.15, 0.2) is 0 Å². The van der Waals surface area contributed by atoms with Gasteiger partial charge in [0.1, 0.15) is 5.75 Å². The van der Waals surface area contributed by atoms with Gasteiger partial charge in [-0.3, -0.25) is 0 Å². The van der Waals surface area contributed by atoms with Gasteiger partial charge in [-0.15, -0.1) is 12.4 Å². The fraction of sp³-hybridized carbons (Fsp3) is 0.571. The van der Waals surface area contributed by atoms with E-state index in [1.165, 1.54) is 5.56 Å². The number of rotatable bonds is 4. The third-order valence-corrected chi connectivity index (χ3v) is 3.35. The van der Waals surface area contributed by atoms with Crippen LogP contribution in [0.5, 0.6) is 5.75 Å². The first-order valence-corrected chi connectivity index (χ1v) is 6.37. The van der Waals surface area contributed by atoms with Crippen LogP contribution >= 0.6 is 12.4 Å². The fourth-order valence-electron chi connectivity index (χ4n) is 2.30. The van der Waals surface area contributed by atoms with E-state index in [1.807, 2.05) is 19.1 Å². The predicted molar refractivity (Wildman–Crippen MR) is 75.3 cm³/mol. The molecule has 0 radical (unpaired) electrons. The van der Waals surface area contributed by atoms with Crippen molar-refractivity contribution in [1.82, 2.24) is 0 Å². The molecule has 1 heterocycles. The van der Waals surface area contributed by atoms with E-state index in [0.717, 1.165) is 31.8 Å². The number of hydrogen-bond donors (Lipinski definition) is 1. The van der Waals surface area contributed by atoms with Gasteiger partial charge >= 0.3 is 0 Å². The van der Waals surface area contributed by atoms with Gasteiger partial charge in [-0.25, -0.2) is 0 Å². The van der Waals surface area contributed by atoms with Crippen LogP contribution in [0.15, 0.2) is 24.3 Å². The highest BCUT2D eigenvalue weighted by molar-refractivity contribution is 5.85. The second kappa shape index (κ2) is 7.62. The predicted octanol–water partition coefficient (Wildman–Crippen LogP) is 2.93. The Bertz CT molecular complexity index is 336. The Morgan fingerprint density at radius 3 is 2.44 bits per heavy atom. The number of hydrogen-bond acceptors (Lipinski definition) is 3. The first kappa shape index (κ1) is 15.3. The van der Waals surface area contributed by atoms with Gasteiger partial charge in [-0.05, 0) is 43.4 Å². The first-order chi connectivity index (χ1) is 8.31. The Labute approximate surface area is 115 Å². The highest BCUT2D eigenvalue weighted by atomic mass is 35.5. The van der Waals surface area contributed by atoms with Crippen molar-refractivity contribution >= 4 is 12.4 Å². The van der Waals surface area contributed by atoms with Crippen LogP contribution in [0.3, 0.4) is 0 Å². The standard InChI is InChI=1S/C14H21NO2.ClH/c1-2-17-13-5-3-11(4-6-13)14(15)12-7-9-16-10-8-12;/h3-6,12,14H,2,7-10,15H2,1H3;1H/t14-;/m1./s1. The maximum absolute atomic E-state index is 6.30. The van der Waals surface area contributed by atoms with Crippen molar-refractivity contribution in [1.29, 1.82) is 0 Å². The summed E-state index contributed by atoms with van der Waals surface area (Å²) >= 11 is 0. The highest BCUT2D eigenvalue weighted by Crippen LogP contribution is 2.28. The van der Waals surface area contributed by atoms with Crippen LogP contribution in [-0.4, -0.2) is 19.8 Å². The lowest BCUT2D eigenvalue weighted by Gasteiger charge is -2.27. The molecule has 1 aliphatic heterocycles. The van der Waals surface area contributed by atoms with Crippen molar-refractivity contribution in [2.45, 2.75) is 25.8 Å². The van der Waals surface area contributed by atoms with Crippen LogP contribution < -0.4 is 10.5 Å². The molecule has 0 spiro atoms. The summed E-state index contributed by atoms with van der Waals surface area (Å²) in [5, 5.41) is 0. The summed E-state index contributed by atoms with van der Waals surface area (Å²) in [6, 6.07) is 8.27. The van der Waals surface area contributed by atoms with Crippen molar-refractivity contribution in [3.05, 3.63) is 29.8 Å². The zero-order valence-corrected chi connectivity index (χ0v) is 11.6. The molecule has 1 saturated heterocycles. The quantitative estimate of drug-likeness (QED) is 0.916. The summed E-state index contributed by atoms with van der Waals surface area (Å²) in [6.45, 7) is 4.37.